The predicted octanol–water partition coefficient (Wildman–Crippen LogP) is 3.29. The Labute approximate surface area is 125 Å². The molecule has 1 N–H and O–H groups in total. The van der Waals surface area contributed by atoms with Gasteiger partial charge in [0.25, 0.3) is 0 Å². The topological polar surface area (TPSA) is 55.6 Å². The van der Waals surface area contributed by atoms with E-state index in [1.54, 1.807) is 17.2 Å². The maximum Gasteiger partial charge on any atom is 0.178 e. The molecule has 0 saturated heterocycles. The lowest BCUT2D eigenvalue weighted by atomic mass is 9.79. The molecule has 5 nitrogen and oxygen atoms in total. The molecule has 0 aliphatic heterocycles. The second-order valence-corrected chi connectivity index (χ2v) is 6.21. The smallest absolute Gasteiger partial charge is 0.178 e. The highest BCUT2D eigenvalue weighted by Gasteiger charge is 2.23. The molecular formula is C16H23N5. The minimum absolute atomic E-state index is 0.534. The van der Waals surface area contributed by atoms with Crippen molar-refractivity contribution in [3.8, 4) is 5.82 Å². The quantitative estimate of drug-likeness (QED) is 0.936. The van der Waals surface area contributed by atoms with E-state index in [1.807, 2.05) is 6.07 Å². The Morgan fingerprint density at radius 2 is 2.05 bits per heavy atom. The van der Waals surface area contributed by atoms with E-state index < -0.39 is 0 Å². The van der Waals surface area contributed by atoms with E-state index >= 15 is 0 Å². The van der Waals surface area contributed by atoms with Gasteiger partial charge in [-0.2, -0.15) is 5.10 Å². The zero-order chi connectivity index (χ0) is 14.7. The van der Waals surface area contributed by atoms with Crippen LogP contribution < -0.4 is 5.32 Å². The van der Waals surface area contributed by atoms with Crippen molar-refractivity contribution in [1.82, 2.24) is 19.7 Å². The van der Waals surface area contributed by atoms with Gasteiger partial charge >= 0.3 is 0 Å². The molecule has 1 aliphatic carbocycles. The van der Waals surface area contributed by atoms with Crippen LogP contribution in [0.15, 0.2) is 31.0 Å². The first kappa shape index (κ1) is 14.0. The van der Waals surface area contributed by atoms with Crippen LogP contribution in [0.3, 0.4) is 0 Å². The van der Waals surface area contributed by atoms with Crippen LogP contribution in [-0.2, 0) is 0 Å². The summed E-state index contributed by atoms with van der Waals surface area (Å²) in [6, 6.07) is 4.56. The summed E-state index contributed by atoms with van der Waals surface area (Å²) in [5.74, 6) is 2.50. The van der Waals surface area contributed by atoms with Crippen molar-refractivity contribution in [2.45, 2.75) is 45.6 Å². The van der Waals surface area contributed by atoms with Gasteiger partial charge in [-0.3, -0.25) is 0 Å². The Bertz CT molecular complexity index is 556. The molecule has 2 aromatic heterocycles. The summed E-state index contributed by atoms with van der Waals surface area (Å²) >= 11 is 0. The zero-order valence-corrected chi connectivity index (χ0v) is 12.7. The largest absolute Gasteiger partial charge is 0.379 e. The molecule has 1 aliphatic rings. The molecule has 0 atom stereocenters. The van der Waals surface area contributed by atoms with Gasteiger partial charge in [-0.15, -0.1) is 0 Å². The summed E-state index contributed by atoms with van der Waals surface area (Å²) in [5.41, 5.74) is 1.04. The monoisotopic (exact) mass is 285 g/mol. The Morgan fingerprint density at radius 1 is 1.24 bits per heavy atom. The summed E-state index contributed by atoms with van der Waals surface area (Å²) in [7, 11) is 0. The highest BCUT2D eigenvalue weighted by Crippen LogP contribution is 2.31. The van der Waals surface area contributed by atoms with E-state index in [0.29, 0.717) is 6.04 Å². The molecule has 0 aromatic carbocycles. The van der Waals surface area contributed by atoms with Gasteiger partial charge in [0, 0.05) is 12.2 Å². The van der Waals surface area contributed by atoms with Gasteiger partial charge in [0.05, 0.1) is 5.69 Å². The minimum Gasteiger partial charge on any atom is -0.379 e. The molecule has 2 heterocycles. The van der Waals surface area contributed by atoms with Gasteiger partial charge in [0.2, 0.25) is 0 Å². The van der Waals surface area contributed by atoms with Crippen LogP contribution in [-0.4, -0.2) is 25.8 Å². The number of rotatable bonds is 4. The zero-order valence-electron chi connectivity index (χ0n) is 12.7. The predicted molar refractivity (Wildman–Crippen MR) is 83.4 cm³/mol. The first-order chi connectivity index (χ1) is 10.2. The van der Waals surface area contributed by atoms with Crippen molar-refractivity contribution in [3.05, 3.63) is 31.0 Å². The average Bonchev–Trinajstić information content (AvgIpc) is 3.02. The normalized spacial score (nSPS) is 22.4. The van der Waals surface area contributed by atoms with Crippen LogP contribution >= 0.6 is 0 Å². The van der Waals surface area contributed by atoms with Crippen LogP contribution in [0.5, 0.6) is 0 Å². The molecule has 0 spiro atoms. The van der Waals surface area contributed by atoms with Gasteiger partial charge in [-0.1, -0.05) is 13.8 Å². The molecular weight excluding hydrogens is 262 g/mol. The summed E-state index contributed by atoms with van der Waals surface area (Å²) in [6.45, 7) is 4.67. The van der Waals surface area contributed by atoms with Crippen LogP contribution in [0, 0.1) is 11.8 Å². The molecule has 0 radical (unpaired) electrons. The summed E-state index contributed by atoms with van der Waals surface area (Å²) in [6.07, 6.45) is 10.1. The third kappa shape index (κ3) is 3.23. The van der Waals surface area contributed by atoms with Crippen LogP contribution in [0.25, 0.3) is 5.82 Å². The number of hydrogen-bond acceptors (Lipinski definition) is 4. The number of pyridine rings is 1. The van der Waals surface area contributed by atoms with E-state index in [2.05, 4.69) is 40.3 Å². The Kier molecular flexibility index (Phi) is 4.18. The number of nitrogens with zero attached hydrogens (tertiary/aromatic N) is 4. The van der Waals surface area contributed by atoms with Crippen molar-refractivity contribution in [2.75, 3.05) is 5.32 Å². The number of aromatic nitrogens is 4. The molecule has 0 amide bonds. The lowest BCUT2D eigenvalue weighted by Gasteiger charge is -2.32. The number of anilines is 1. The molecule has 1 saturated carbocycles. The van der Waals surface area contributed by atoms with Crippen molar-refractivity contribution < 1.29 is 0 Å². The molecule has 3 rings (SSSR count). The van der Waals surface area contributed by atoms with Crippen LogP contribution in [0.1, 0.15) is 39.5 Å². The van der Waals surface area contributed by atoms with Gasteiger partial charge in [-0.05, 0) is 49.7 Å². The third-order valence-corrected chi connectivity index (χ3v) is 4.50. The fourth-order valence-corrected chi connectivity index (χ4v) is 3.16. The van der Waals surface area contributed by atoms with Crippen molar-refractivity contribution in [3.63, 3.8) is 0 Å². The van der Waals surface area contributed by atoms with E-state index in [1.165, 1.54) is 32.0 Å². The standard InChI is InChI=1S/C16H23N5/c1-12(2)13-5-7-14(8-6-13)20-15-4-3-9-18-16(15)21-11-17-10-19-21/h3-4,9-14,20H,5-8H2,1-2H3. The van der Waals surface area contributed by atoms with Gasteiger partial charge in [0.15, 0.2) is 5.82 Å². The molecule has 0 bridgehead atoms. The highest BCUT2D eigenvalue weighted by molar-refractivity contribution is 5.56. The third-order valence-electron chi connectivity index (χ3n) is 4.50. The summed E-state index contributed by atoms with van der Waals surface area (Å²) < 4.78 is 1.71. The number of hydrogen-bond donors (Lipinski definition) is 1. The average molecular weight is 285 g/mol. The Balaban J connectivity index is 1.69. The Morgan fingerprint density at radius 3 is 2.71 bits per heavy atom. The van der Waals surface area contributed by atoms with Crippen molar-refractivity contribution in [2.24, 2.45) is 11.8 Å². The van der Waals surface area contributed by atoms with Gasteiger partial charge < -0.3 is 5.32 Å². The van der Waals surface area contributed by atoms with E-state index in [4.69, 9.17) is 0 Å². The van der Waals surface area contributed by atoms with Crippen LogP contribution in [0.4, 0.5) is 5.69 Å². The maximum absolute atomic E-state index is 4.43. The molecule has 1 fully saturated rings. The van der Waals surface area contributed by atoms with Gasteiger partial charge in [-0.25, -0.2) is 14.6 Å². The second-order valence-electron chi connectivity index (χ2n) is 6.21. The first-order valence-corrected chi connectivity index (χ1v) is 7.80. The number of nitrogens with one attached hydrogen (secondary N) is 1. The molecule has 5 heteroatoms. The highest BCUT2D eigenvalue weighted by atomic mass is 15.3. The van der Waals surface area contributed by atoms with E-state index in [-0.39, 0.29) is 0 Å². The SMILES string of the molecule is CC(C)C1CCC(Nc2cccnc2-n2cncn2)CC1. The summed E-state index contributed by atoms with van der Waals surface area (Å²) in [4.78, 5) is 8.43. The molecule has 112 valence electrons. The lowest BCUT2D eigenvalue weighted by Crippen LogP contribution is -2.28. The van der Waals surface area contributed by atoms with E-state index in [9.17, 15) is 0 Å². The maximum atomic E-state index is 4.43. The second kappa shape index (κ2) is 6.24. The minimum atomic E-state index is 0.534. The molecule has 2 aromatic rings. The van der Waals surface area contributed by atoms with E-state index in [0.717, 1.165) is 23.3 Å². The fourth-order valence-electron chi connectivity index (χ4n) is 3.16. The van der Waals surface area contributed by atoms with Gasteiger partial charge in [0.1, 0.15) is 12.7 Å². The lowest BCUT2D eigenvalue weighted by molar-refractivity contribution is 0.267. The fraction of sp³-hybridized carbons (Fsp3) is 0.562. The van der Waals surface area contributed by atoms with Crippen molar-refractivity contribution in [1.29, 1.82) is 0 Å². The summed E-state index contributed by atoms with van der Waals surface area (Å²) in [5, 5.41) is 7.82. The molecule has 21 heavy (non-hydrogen) atoms. The Hall–Kier alpha value is -1.91. The van der Waals surface area contributed by atoms with Crippen LogP contribution in [0.2, 0.25) is 0 Å². The first-order valence-electron chi connectivity index (χ1n) is 7.80. The van der Waals surface area contributed by atoms with Crippen molar-refractivity contribution >= 4 is 5.69 Å². The molecule has 0 unspecified atom stereocenters.